The van der Waals surface area contributed by atoms with Crippen LogP contribution < -0.4 is 0 Å². The Labute approximate surface area is 121 Å². The van der Waals surface area contributed by atoms with Crippen molar-refractivity contribution in [2.75, 3.05) is 6.61 Å². The van der Waals surface area contributed by atoms with Crippen molar-refractivity contribution in [3.63, 3.8) is 0 Å². The van der Waals surface area contributed by atoms with Crippen molar-refractivity contribution < 1.29 is 17.9 Å². The third kappa shape index (κ3) is 3.60. The first kappa shape index (κ1) is 16.7. The van der Waals surface area contributed by atoms with Crippen molar-refractivity contribution in [1.82, 2.24) is 0 Å². The second-order valence-corrected chi connectivity index (χ2v) is 7.47. The van der Waals surface area contributed by atoms with Crippen molar-refractivity contribution >= 4 is 15.8 Å². The van der Waals surface area contributed by atoms with Gasteiger partial charge in [0.2, 0.25) is 0 Å². The molecular weight excluding hydrogens is 276 g/mol. The fourth-order valence-electron chi connectivity index (χ4n) is 1.90. The van der Waals surface area contributed by atoms with Crippen LogP contribution in [0.25, 0.3) is 0 Å². The first-order chi connectivity index (χ1) is 9.32. The van der Waals surface area contributed by atoms with E-state index >= 15 is 0 Å². The van der Waals surface area contributed by atoms with Crippen LogP contribution in [0.5, 0.6) is 0 Å². The predicted octanol–water partition coefficient (Wildman–Crippen LogP) is 2.75. The maximum atomic E-state index is 12.7. The highest BCUT2D eigenvalue weighted by Gasteiger charge is 2.40. The molecule has 0 aliphatic rings. The van der Waals surface area contributed by atoms with Crippen LogP contribution in [0.3, 0.4) is 0 Å². The summed E-state index contributed by atoms with van der Waals surface area (Å²) in [7, 11) is -3.65. The van der Waals surface area contributed by atoms with E-state index in [0.29, 0.717) is 5.56 Å². The molecule has 1 aromatic rings. The average molecular weight is 298 g/mol. The van der Waals surface area contributed by atoms with Gasteiger partial charge in [-0.2, -0.15) is 0 Å². The number of carbonyl (C=O) groups is 1. The first-order valence-electron chi connectivity index (χ1n) is 6.76. The highest BCUT2D eigenvalue weighted by atomic mass is 32.2. The number of esters is 1. The van der Waals surface area contributed by atoms with Gasteiger partial charge in [0.15, 0.2) is 15.1 Å². The average Bonchev–Trinajstić information content (AvgIpc) is 2.39. The van der Waals surface area contributed by atoms with Gasteiger partial charge in [0.1, 0.15) is 0 Å². The van der Waals surface area contributed by atoms with E-state index in [1.807, 2.05) is 13.8 Å². The first-order valence-corrected chi connectivity index (χ1v) is 8.37. The van der Waals surface area contributed by atoms with Crippen LogP contribution in [0.2, 0.25) is 0 Å². The molecule has 0 N–H and O–H groups in total. The zero-order valence-corrected chi connectivity index (χ0v) is 13.2. The molecule has 2 unspecified atom stereocenters. The molecule has 2 atom stereocenters. The lowest BCUT2D eigenvalue weighted by Crippen LogP contribution is -2.33. The Hall–Kier alpha value is -1.36. The summed E-state index contributed by atoms with van der Waals surface area (Å²) >= 11 is 0. The van der Waals surface area contributed by atoms with Crippen LogP contribution in [0.4, 0.5) is 0 Å². The number of benzene rings is 1. The van der Waals surface area contributed by atoms with Crippen LogP contribution in [-0.4, -0.2) is 26.2 Å². The number of rotatable bonds is 6. The molecule has 0 aliphatic heterocycles. The predicted molar refractivity (Wildman–Crippen MR) is 79.0 cm³/mol. The third-order valence-corrected chi connectivity index (χ3v) is 6.09. The Bertz CT molecular complexity index is 534. The summed E-state index contributed by atoms with van der Waals surface area (Å²) in [5.74, 6) is -0.771. The van der Waals surface area contributed by atoms with Gasteiger partial charge < -0.3 is 4.74 Å². The maximum absolute atomic E-state index is 12.7. The van der Waals surface area contributed by atoms with Crippen molar-refractivity contribution in [2.45, 2.75) is 38.2 Å². The molecule has 0 fully saturated rings. The molecule has 4 nitrogen and oxygen atoms in total. The number of hydrogen-bond donors (Lipinski definition) is 0. The molecule has 0 aromatic heterocycles. The SMILES string of the molecule is CCOC(=O)C(c1ccccc1)S(=O)(=O)C(C)C(C)C. The lowest BCUT2D eigenvalue weighted by atomic mass is 10.1. The number of ether oxygens (including phenoxy) is 1. The summed E-state index contributed by atoms with van der Waals surface area (Å²) < 4.78 is 30.3. The second-order valence-electron chi connectivity index (χ2n) is 5.08. The Morgan fingerprint density at radius 1 is 1.15 bits per heavy atom. The zero-order chi connectivity index (χ0) is 15.3. The van der Waals surface area contributed by atoms with Gasteiger partial charge >= 0.3 is 5.97 Å². The Balaban J connectivity index is 3.29. The minimum atomic E-state index is -3.65. The molecule has 0 radical (unpaired) electrons. The fraction of sp³-hybridized carbons (Fsp3) is 0.533. The van der Waals surface area contributed by atoms with Gasteiger partial charge in [0, 0.05) is 0 Å². The molecule has 0 spiro atoms. The third-order valence-electron chi connectivity index (χ3n) is 3.39. The van der Waals surface area contributed by atoms with E-state index in [1.165, 1.54) is 0 Å². The summed E-state index contributed by atoms with van der Waals surface area (Å²) in [4.78, 5) is 12.1. The van der Waals surface area contributed by atoms with Gasteiger partial charge in [0.05, 0.1) is 11.9 Å². The van der Waals surface area contributed by atoms with Gasteiger partial charge in [-0.25, -0.2) is 8.42 Å². The van der Waals surface area contributed by atoms with Crippen LogP contribution in [0.1, 0.15) is 38.5 Å². The van der Waals surface area contributed by atoms with Crippen LogP contribution in [0, 0.1) is 5.92 Å². The Morgan fingerprint density at radius 2 is 1.70 bits per heavy atom. The lowest BCUT2D eigenvalue weighted by Gasteiger charge is -2.23. The molecule has 0 aliphatic carbocycles. The quantitative estimate of drug-likeness (QED) is 0.758. The maximum Gasteiger partial charge on any atom is 0.328 e. The molecule has 0 saturated heterocycles. The highest BCUT2D eigenvalue weighted by molar-refractivity contribution is 7.93. The largest absolute Gasteiger partial charge is 0.465 e. The van der Waals surface area contributed by atoms with Crippen molar-refractivity contribution in [3.8, 4) is 0 Å². The lowest BCUT2D eigenvalue weighted by molar-refractivity contribution is -0.142. The summed E-state index contributed by atoms with van der Waals surface area (Å²) in [5.41, 5.74) is 0.457. The van der Waals surface area contributed by atoms with Crippen LogP contribution in [-0.2, 0) is 19.4 Å². The van der Waals surface area contributed by atoms with Gasteiger partial charge in [-0.3, -0.25) is 4.79 Å². The summed E-state index contributed by atoms with van der Waals surface area (Å²) in [6.07, 6.45) is 0. The molecule has 0 bridgehead atoms. The van der Waals surface area contributed by atoms with Crippen molar-refractivity contribution in [3.05, 3.63) is 35.9 Å². The minimum absolute atomic E-state index is 0.0689. The highest BCUT2D eigenvalue weighted by Crippen LogP contribution is 2.30. The summed E-state index contributed by atoms with van der Waals surface area (Å²) in [6.45, 7) is 7.12. The van der Waals surface area contributed by atoms with Crippen LogP contribution in [0.15, 0.2) is 30.3 Å². The van der Waals surface area contributed by atoms with Crippen molar-refractivity contribution in [2.24, 2.45) is 5.92 Å². The van der Waals surface area contributed by atoms with Gasteiger partial charge in [-0.1, -0.05) is 44.2 Å². The topological polar surface area (TPSA) is 60.4 Å². The van der Waals surface area contributed by atoms with Gasteiger partial charge in [-0.15, -0.1) is 0 Å². The van der Waals surface area contributed by atoms with Crippen molar-refractivity contribution in [1.29, 1.82) is 0 Å². The normalized spacial score (nSPS) is 14.8. The van der Waals surface area contributed by atoms with E-state index in [4.69, 9.17) is 4.74 Å². The standard InChI is InChI=1S/C15H22O4S/c1-5-19-15(16)14(13-9-7-6-8-10-13)20(17,18)12(4)11(2)3/h6-12,14H,5H2,1-4H3. The smallest absolute Gasteiger partial charge is 0.328 e. The van der Waals surface area contributed by atoms with Gasteiger partial charge in [-0.05, 0) is 25.3 Å². The Kier molecular flexibility index (Phi) is 5.74. The molecule has 1 aromatic carbocycles. The zero-order valence-electron chi connectivity index (χ0n) is 12.4. The molecule has 5 heteroatoms. The molecule has 20 heavy (non-hydrogen) atoms. The van der Waals surface area contributed by atoms with Gasteiger partial charge in [0.25, 0.3) is 0 Å². The number of hydrogen-bond acceptors (Lipinski definition) is 4. The molecule has 0 saturated carbocycles. The fourth-order valence-corrected chi connectivity index (χ4v) is 3.96. The monoisotopic (exact) mass is 298 g/mol. The second kappa shape index (κ2) is 6.88. The minimum Gasteiger partial charge on any atom is -0.465 e. The number of carbonyl (C=O) groups excluding carboxylic acids is 1. The molecule has 112 valence electrons. The molecular formula is C15H22O4S. The van der Waals surface area contributed by atoms with E-state index in [1.54, 1.807) is 44.2 Å². The van der Waals surface area contributed by atoms with E-state index in [-0.39, 0.29) is 12.5 Å². The van der Waals surface area contributed by atoms with E-state index in [2.05, 4.69) is 0 Å². The molecule has 1 rings (SSSR count). The van der Waals surface area contributed by atoms with E-state index in [0.717, 1.165) is 0 Å². The summed E-state index contributed by atoms with van der Waals surface area (Å²) in [6, 6.07) is 8.51. The summed E-state index contributed by atoms with van der Waals surface area (Å²) in [5, 5.41) is -1.86. The van der Waals surface area contributed by atoms with Crippen LogP contribution >= 0.6 is 0 Å². The number of sulfone groups is 1. The molecule has 0 amide bonds. The molecule has 0 heterocycles. The van der Waals surface area contributed by atoms with E-state index in [9.17, 15) is 13.2 Å². The Morgan fingerprint density at radius 3 is 2.15 bits per heavy atom. The van der Waals surface area contributed by atoms with E-state index < -0.39 is 26.3 Å².